The molecule has 0 fully saturated rings. The molecule has 0 bridgehead atoms. The zero-order valence-electron chi connectivity index (χ0n) is 15.3. The van der Waals surface area contributed by atoms with E-state index < -0.39 is 11.9 Å². The number of carboxylic acids is 2. The lowest BCUT2D eigenvalue weighted by Crippen LogP contribution is -3.02. The summed E-state index contributed by atoms with van der Waals surface area (Å²) in [5.41, 5.74) is 0. The van der Waals surface area contributed by atoms with Gasteiger partial charge in [0.1, 0.15) is 0 Å². The summed E-state index contributed by atoms with van der Waals surface area (Å²) in [5, 5.41) is 20.1. The highest BCUT2D eigenvalue weighted by atomic mass is 16.4. The number of carboxylic acid groups (broad SMARTS) is 2. The van der Waals surface area contributed by atoms with Crippen LogP contribution in [0.1, 0.15) is 51.4 Å². The van der Waals surface area contributed by atoms with Crippen molar-refractivity contribution < 1.29 is 29.6 Å². The lowest BCUT2D eigenvalue weighted by atomic mass is 10.1. The van der Waals surface area contributed by atoms with Gasteiger partial charge >= 0.3 is 0 Å². The molecule has 0 spiro atoms. The molecule has 0 aromatic carbocycles. The van der Waals surface area contributed by atoms with Crippen LogP contribution in [-0.4, -0.2) is 54.2 Å². The number of quaternary nitrogens is 2. The van der Waals surface area contributed by atoms with Crippen molar-refractivity contribution in [2.75, 3.05) is 42.3 Å². The maximum absolute atomic E-state index is 10.0. The van der Waals surface area contributed by atoms with E-state index in [1.807, 2.05) is 0 Å². The molecular formula is C16H36N2O4. The second kappa shape index (κ2) is 19.9. The highest BCUT2D eigenvalue weighted by Crippen LogP contribution is 2.07. The molecule has 0 aliphatic heterocycles. The van der Waals surface area contributed by atoms with Gasteiger partial charge < -0.3 is 29.6 Å². The number of rotatable bonds is 9. The number of unbranched alkanes of at least 4 members (excludes halogenated alkanes) is 5. The minimum atomic E-state index is -0.998. The van der Waals surface area contributed by atoms with Gasteiger partial charge in [0, 0.05) is 11.9 Å². The van der Waals surface area contributed by atoms with Crippen LogP contribution in [-0.2, 0) is 9.59 Å². The van der Waals surface area contributed by atoms with Crippen LogP contribution in [0.3, 0.4) is 0 Å². The Labute approximate surface area is 136 Å². The van der Waals surface area contributed by atoms with Gasteiger partial charge in [-0.3, -0.25) is 0 Å². The third-order valence-electron chi connectivity index (χ3n) is 2.01. The second-order valence-corrected chi connectivity index (χ2v) is 6.37. The van der Waals surface area contributed by atoms with Crippen LogP contribution >= 0.6 is 0 Å². The fourth-order valence-electron chi connectivity index (χ4n) is 1.25. The highest BCUT2D eigenvalue weighted by Gasteiger charge is 1.92. The van der Waals surface area contributed by atoms with E-state index in [0.29, 0.717) is 12.8 Å². The van der Waals surface area contributed by atoms with Gasteiger partial charge in [0.15, 0.2) is 0 Å². The zero-order chi connectivity index (χ0) is 18.0. The number of carbonyl (C=O) groups excluding carboxylic acids is 2. The topological polar surface area (TPSA) is 89.1 Å². The number of aliphatic carboxylic acids is 2. The third-order valence-corrected chi connectivity index (χ3v) is 2.01. The molecule has 0 unspecified atom stereocenters. The van der Waals surface area contributed by atoms with Gasteiger partial charge in [-0.2, -0.15) is 0 Å². The molecule has 6 heteroatoms. The standard InChI is InChI=1S/C10H18O4.2C3H9N/c11-9(12)7-5-3-1-2-4-6-8-10(13)14;2*1-4(2)3/h1-8H2,(H,11,12)(H,13,14);2*1-3H3. The first-order valence-corrected chi connectivity index (χ1v) is 8.02. The summed E-state index contributed by atoms with van der Waals surface area (Å²) in [6.45, 7) is 0. The van der Waals surface area contributed by atoms with Gasteiger partial charge in [-0.1, -0.05) is 25.7 Å². The van der Waals surface area contributed by atoms with E-state index in [2.05, 4.69) is 42.3 Å². The first kappa shape index (κ1) is 25.8. The summed E-state index contributed by atoms with van der Waals surface area (Å²) in [4.78, 5) is 22.9. The van der Waals surface area contributed by atoms with E-state index in [-0.39, 0.29) is 12.8 Å². The van der Waals surface area contributed by atoms with Crippen LogP contribution in [0.25, 0.3) is 0 Å². The molecule has 0 aromatic rings. The van der Waals surface area contributed by atoms with Crippen molar-refractivity contribution in [3.8, 4) is 0 Å². The largest absolute Gasteiger partial charge is 0.550 e. The van der Waals surface area contributed by atoms with E-state index in [1.165, 1.54) is 9.80 Å². The normalized spacial score (nSPS) is 9.64. The monoisotopic (exact) mass is 320 g/mol. The first-order valence-electron chi connectivity index (χ1n) is 8.02. The van der Waals surface area contributed by atoms with Gasteiger partial charge in [-0.05, 0) is 25.7 Å². The van der Waals surface area contributed by atoms with Crippen LogP contribution in [0.15, 0.2) is 0 Å². The van der Waals surface area contributed by atoms with Crippen LogP contribution in [0, 0.1) is 0 Å². The Hall–Kier alpha value is -1.14. The number of hydrogen-bond donors (Lipinski definition) is 2. The lowest BCUT2D eigenvalue weighted by Gasteiger charge is -2.03. The lowest BCUT2D eigenvalue weighted by molar-refractivity contribution is -0.836. The summed E-state index contributed by atoms with van der Waals surface area (Å²) >= 11 is 0. The molecule has 0 aliphatic carbocycles. The van der Waals surface area contributed by atoms with E-state index in [9.17, 15) is 19.8 Å². The molecule has 2 N–H and O–H groups in total. The van der Waals surface area contributed by atoms with Crippen molar-refractivity contribution in [3.05, 3.63) is 0 Å². The Morgan fingerprint density at radius 1 is 0.591 bits per heavy atom. The van der Waals surface area contributed by atoms with Crippen molar-refractivity contribution >= 4 is 11.9 Å². The molecule has 0 rings (SSSR count). The minimum Gasteiger partial charge on any atom is -0.550 e. The molecule has 22 heavy (non-hydrogen) atoms. The zero-order valence-corrected chi connectivity index (χ0v) is 15.3. The molecule has 134 valence electrons. The molecule has 0 saturated heterocycles. The molecule has 0 aliphatic rings. The quantitative estimate of drug-likeness (QED) is 0.447. The Bertz CT molecular complexity index is 225. The van der Waals surface area contributed by atoms with E-state index in [1.54, 1.807) is 0 Å². The Balaban J connectivity index is -0.000000372. The predicted molar refractivity (Wildman–Crippen MR) is 84.4 cm³/mol. The Morgan fingerprint density at radius 2 is 0.773 bits per heavy atom. The summed E-state index contributed by atoms with van der Waals surface area (Å²) in [5.74, 6) is -2.00. The third kappa shape index (κ3) is 61.9. The average Bonchev–Trinajstić information content (AvgIpc) is 2.30. The molecule has 0 saturated carbocycles. The average molecular weight is 320 g/mol. The molecule has 6 nitrogen and oxygen atoms in total. The van der Waals surface area contributed by atoms with Gasteiger partial charge in [-0.15, -0.1) is 0 Å². The Morgan fingerprint density at radius 3 is 0.955 bits per heavy atom. The van der Waals surface area contributed by atoms with E-state index in [4.69, 9.17) is 0 Å². The van der Waals surface area contributed by atoms with Gasteiger partial charge in [0.25, 0.3) is 0 Å². The summed E-state index contributed by atoms with van der Waals surface area (Å²) < 4.78 is 0. The second-order valence-electron chi connectivity index (χ2n) is 6.37. The van der Waals surface area contributed by atoms with Crippen molar-refractivity contribution in [2.24, 2.45) is 0 Å². The maximum Gasteiger partial charge on any atom is 0.0661 e. The van der Waals surface area contributed by atoms with Crippen molar-refractivity contribution in [2.45, 2.75) is 51.4 Å². The smallest absolute Gasteiger partial charge is 0.0661 e. The Kier molecular flexibility index (Phi) is 23.3. The van der Waals surface area contributed by atoms with Crippen LogP contribution in [0.4, 0.5) is 0 Å². The van der Waals surface area contributed by atoms with Gasteiger partial charge in [0.2, 0.25) is 0 Å². The SMILES string of the molecule is C[NH+](C)C.C[NH+](C)C.O=C([O-])CCCCCCCCC(=O)[O-]. The summed E-state index contributed by atoms with van der Waals surface area (Å²) in [7, 11) is 12.5. The van der Waals surface area contributed by atoms with Crippen molar-refractivity contribution in [1.82, 2.24) is 0 Å². The van der Waals surface area contributed by atoms with Crippen LogP contribution < -0.4 is 20.0 Å². The van der Waals surface area contributed by atoms with Gasteiger partial charge in [0.05, 0.1) is 42.3 Å². The van der Waals surface area contributed by atoms with Crippen molar-refractivity contribution in [3.63, 3.8) is 0 Å². The molecular weight excluding hydrogens is 284 g/mol. The fraction of sp³-hybridized carbons (Fsp3) is 0.875. The maximum atomic E-state index is 10.0. The van der Waals surface area contributed by atoms with Crippen LogP contribution in [0.5, 0.6) is 0 Å². The van der Waals surface area contributed by atoms with Crippen LogP contribution in [0.2, 0.25) is 0 Å². The molecule has 0 heterocycles. The molecule has 0 amide bonds. The van der Waals surface area contributed by atoms with E-state index in [0.717, 1.165) is 25.7 Å². The fourth-order valence-corrected chi connectivity index (χ4v) is 1.25. The molecule has 0 radical (unpaired) electrons. The number of carbonyl (C=O) groups is 2. The summed E-state index contributed by atoms with van der Waals surface area (Å²) in [6, 6.07) is 0. The van der Waals surface area contributed by atoms with Gasteiger partial charge in [-0.25, -0.2) is 0 Å². The number of hydrogen-bond acceptors (Lipinski definition) is 4. The molecule has 0 atom stereocenters. The molecule has 0 aromatic heterocycles. The number of nitrogens with one attached hydrogen (secondary N) is 2. The van der Waals surface area contributed by atoms with E-state index >= 15 is 0 Å². The minimum absolute atomic E-state index is 0.124. The highest BCUT2D eigenvalue weighted by molar-refractivity contribution is 5.64. The first-order chi connectivity index (χ1) is 10.1. The van der Waals surface area contributed by atoms with Crippen molar-refractivity contribution in [1.29, 1.82) is 0 Å². The summed E-state index contributed by atoms with van der Waals surface area (Å²) in [6.07, 6.45) is 5.23. The predicted octanol–water partition coefficient (Wildman–Crippen LogP) is -2.87.